The smallest absolute Gasteiger partial charge is 0.319 e. The van der Waals surface area contributed by atoms with Crippen LogP contribution < -0.4 is 15.5 Å². The molecule has 1 aliphatic carbocycles. The van der Waals surface area contributed by atoms with E-state index in [9.17, 15) is 4.79 Å². The molecule has 0 spiro atoms. The minimum absolute atomic E-state index is 0.0151. The fraction of sp³-hybridized carbons (Fsp3) is 0.400. The van der Waals surface area contributed by atoms with Gasteiger partial charge in [-0.3, -0.25) is 0 Å². The predicted molar refractivity (Wildman–Crippen MR) is 81.0 cm³/mol. The van der Waals surface area contributed by atoms with Crippen LogP contribution >= 0.6 is 0 Å². The Morgan fingerprint density at radius 2 is 2.10 bits per heavy atom. The molecule has 0 saturated carbocycles. The quantitative estimate of drug-likeness (QED) is 0.734. The number of nitrogens with one attached hydrogen (secondary N) is 2. The minimum atomic E-state index is -0.229. The summed E-state index contributed by atoms with van der Waals surface area (Å²) in [5.41, 5.74) is 1.73. The number of rotatable bonds is 4. The molecule has 1 aromatic rings. The first-order valence-electron chi connectivity index (χ1n) is 6.73. The normalized spacial score (nSPS) is 20.8. The molecule has 0 fully saturated rings. The van der Waals surface area contributed by atoms with Gasteiger partial charge in [-0.2, -0.15) is 0 Å². The molecule has 0 unspecified atom stereocenters. The zero-order valence-electron chi connectivity index (χ0n) is 11.8. The standard InChI is InChI=1S/C15H21N3O2/c1-18(2)14-6-4-3-5-13(14)17-15(20)16-12-8-7-11(9-12)10-19/h3-8,11-12,19H,9-10H2,1-2H3,(H2,16,17,20)/t11-,12+/m0/s1. The van der Waals surface area contributed by atoms with E-state index >= 15 is 0 Å². The highest BCUT2D eigenvalue weighted by Gasteiger charge is 2.20. The van der Waals surface area contributed by atoms with Crippen LogP contribution in [0.15, 0.2) is 36.4 Å². The number of anilines is 2. The van der Waals surface area contributed by atoms with Gasteiger partial charge in [0.25, 0.3) is 0 Å². The summed E-state index contributed by atoms with van der Waals surface area (Å²) in [6.07, 6.45) is 4.62. The second kappa shape index (κ2) is 6.43. The Balaban J connectivity index is 1.94. The first-order chi connectivity index (χ1) is 9.60. The number of carbonyl (C=O) groups excluding carboxylic acids is 1. The summed E-state index contributed by atoms with van der Waals surface area (Å²) in [6.45, 7) is 0.125. The van der Waals surface area contributed by atoms with Gasteiger partial charge >= 0.3 is 6.03 Å². The van der Waals surface area contributed by atoms with Crippen LogP contribution in [0.5, 0.6) is 0 Å². The fourth-order valence-electron chi connectivity index (χ4n) is 2.31. The molecule has 108 valence electrons. The van der Waals surface area contributed by atoms with Gasteiger partial charge in [0.2, 0.25) is 0 Å². The number of nitrogens with zero attached hydrogens (tertiary/aromatic N) is 1. The maximum Gasteiger partial charge on any atom is 0.319 e. The first kappa shape index (κ1) is 14.4. The molecule has 1 aliphatic rings. The number of benzene rings is 1. The molecule has 5 heteroatoms. The van der Waals surface area contributed by atoms with Gasteiger partial charge in [0.1, 0.15) is 0 Å². The van der Waals surface area contributed by atoms with Gasteiger partial charge in [0.05, 0.1) is 11.4 Å². The van der Waals surface area contributed by atoms with Gasteiger partial charge in [-0.05, 0) is 18.6 Å². The van der Waals surface area contributed by atoms with E-state index in [2.05, 4.69) is 10.6 Å². The van der Waals surface area contributed by atoms with E-state index in [1.54, 1.807) is 0 Å². The number of aliphatic hydroxyl groups excluding tert-OH is 1. The van der Waals surface area contributed by atoms with Crippen LogP contribution in [0.1, 0.15) is 6.42 Å². The van der Waals surface area contributed by atoms with Crippen molar-refractivity contribution in [3.63, 3.8) is 0 Å². The second-order valence-corrected chi connectivity index (χ2v) is 5.18. The van der Waals surface area contributed by atoms with Crippen molar-refractivity contribution in [2.45, 2.75) is 12.5 Å². The van der Waals surface area contributed by atoms with E-state index < -0.39 is 0 Å². The molecular formula is C15H21N3O2. The van der Waals surface area contributed by atoms with Crippen LogP contribution in [0.3, 0.4) is 0 Å². The Labute approximate surface area is 119 Å². The van der Waals surface area contributed by atoms with Gasteiger partial charge in [-0.1, -0.05) is 24.3 Å². The van der Waals surface area contributed by atoms with Crippen LogP contribution in [-0.2, 0) is 0 Å². The third-order valence-electron chi connectivity index (χ3n) is 3.36. The minimum Gasteiger partial charge on any atom is -0.396 e. The molecule has 3 N–H and O–H groups in total. The molecule has 2 amide bonds. The third kappa shape index (κ3) is 3.51. The summed E-state index contributed by atoms with van der Waals surface area (Å²) < 4.78 is 0. The Morgan fingerprint density at radius 1 is 1.35 bits per heavy atom. The Morgan fingerprint density at radius 3 is 2.75 bits per heavy atom. The van der Waals surface area contributed by atoms with Crippen LogP contribution in [0, 0.1) is 5.92 Å². The van der Waals surface area contributed by atoms with E-state index in [1.807, 2.05) is 55.4 Å². The highest BCUT2D eigenvalue weighted by atomic mass is 16.3. The first-order valence-corrected chi connectivity index (χ1v) is 6.73. The average Bonchev–Trinajstić information content (AvgIpc) is 2.86. The number of amides is 2. The monoisotopic (exact) mass is 275 g/mol. The number of carbonyl (C=O) groups is 1. The number of aliphatic hydroxyl groups is 1. The van der Waals surface area contributed by atoms with Gasteiger partial charge in [0.15, 0.2) is 0 Å². The van der Waals surface area contributed by atoms with Crippen molar-refractivity contribution in [1.82, 2.24) is 5.32 Å². The number of para-hydroxylation sites is 2. The maximum absolute atomic E-state index is 12.0. The molecule has 0 radical (unpaired) electrons. The summed E-state index contributed by atoms with van der Waals surface area (Å²) in [6, 6.07) is 7.40. The lowest BCUT2D eigenvalue weighted by atomic mass is 10.1. The van der Waals surface area contributed by atoms with E-state index in [0.717, 1.165) is 17.8 Å². The van der Waals surface area contributed by atoms with Crippen LogP contribution in [-0.4, -0.2) is 37.9 Å². The van der Waals surface area contributed by atoms with Gasteiger partial charge in [0, 0.05) is 32.7 Å². The summed E-state index contributed by atoms with van der Waals surface area (Å²) in [7, 11) is 3.87. The maximum atomic E-state index is 12.0. The molecule has 0 bridgehead atoms. The highest BCUT2D eigenvalue weighted by molar-refractivity contribution is 5.93. The Hall–Kier alpha value is -2.01. The lowest BCUT2D eigenvalue weighted by Gasteiger charge is -2.19. The molecule has 20 heavy (non-hydrogen) atoms. The van der Waals surface area contributed by atoms with E-state index in [4.69, 9.17) is 5.11 Å². The second-order valence-electron chi connectivity index (χ2n) is 5.18. The zero-order chi connectivity index (χ0) is 14.5. The van der Waals surface area contributed by atoms with Gasteiger partial charge in [-0.25, -0.2) is 4.79 Å². The predicted octanol–water partition coefficient (Wildman–Crippen LogP) is 1.81. The number of hydrogen-bond donors (Lipinski definition) is 3. The third-order valence-corrected chi connectivity index (χ3v) is 3.36. The summed E-state index contributed by atoms with van der Waals surface area (Å²) in [5.74, 6) is 0.148. The van der Waals surface area contributed by atoms with E-state index in [0.29, 0.717) is 0 Å². The summed E-state index contributed by atoms with van der Waals surface area (Å²) in [5, 5.41) is 14.8. The topological polar surface area (TPSA) is 64.6 Å². The summed E-state index contributed by atoms with van der Waals surface area (Å²) >= 11 is 0. The van der Waals surface area contributed by atoms with Gasteiger partial charge in [-0.15, -0.1) is 0 Å². The van der Waals surface area contributed by atoms with Crippen LogP contribution in [0.4, 0.5) is 16.2 Å². The molecule has 1 aromatic carbocycles. The lowest BCUT2D eigenvalue weighted by Crippen LogP contribution is -2.36. The fourth-order valence-corrected chi connectivity index (χ4v) is 2.31. The molecule has 0 aliphatic heterocycles. The molecule has 0 heterocycles. The number of hydrogen-bond acceptors (Lipinski definition) is 3. The van der Waals surface area contributed by atoms with Crippen LogP contribution in [0.2, 0.25) is 0 Å². The average molecular weight is 275 g/mol. The molecule has 0 aromatic heterocycles. The Bertz CT molecular complexity index is 500. The van der Waals surface area contributed by atoms with Gasteiger partial charge < -0.3 is 20.6 Å². The molecule has 5 nitrogen and oxygen atoms in total. The lowest BCUT2D eigenvalue weighted by molar-refractivity contribution is 0.238. The molecule has 2 rings (SSSR count). The van der Waals surface area contributed by atoms with Crippen molar-refractivity contribution in [3.05, 3.63) is 36.4 Å². The van der Waals surface area contributed by atoms with Crippen molar-refractivity contribution in [3.8, 4) is 0 Å². The van der Waals surface area contributed by atoms with Crippen molar-refractivity contribution in [2.75, 3.05) is 30.9 Å². The molecular weight excluding hydrogens is 254 g/mol. The zero-order valence-corrected chi connectivity index (χ0v) is 11.8. The molecule has 0 saturated heterocycles. The van der Waals surface area contributed by atoms with Crippen molar-refractivity contribution in [2.24, 2.45) is 5.92 Å². The van der Waals surface area contributed by atoms with Crippen molar-refractivity contribution >= 4 is 17.4 Å². The number of urea groups is 1. The van der Waals surface area contributed by atoms with Crippen molar-refractivity contribution in [1.29, 1.82) is 0 Å². The molecule has 2 atom stereocenters. The highest BCUT2D eigenvalue weighted by Crippen LogP contribution is 2.23. The van der Waals surface area contributed by atoms with E-state index in [-0.39, 0.29) is 24.6 Å². The summed E-state index contributed by atoms with van der Waals surface area (Å²) in [4.78, 5) is 14.0. The van der Waals surface area contributed by atoms with Crippen LogP contribution in [0.25, 0.3) is 0 Å². The van der Waals surface area contributed by atoms with E-state index in [1.165, 1.54) is 0 Å². The SMILES string of the molecule is CN(C)c1ccccc1NC(=O)N[C@@H]1C=C[C@H](CO)C1. The van der Waals surface area contributed by atoms with Crippen molar-refractivity contribution < 1.29 is 9.90 Å². The Kier molecular flexibility index (Phi) is 4.63. The largest absolute Gasteiger partial charge is 0.396 e.